The van der Waals surface area contributed by atoms with Gasteiger partial charge in [-0.05, 0) is 55.2 Å². The van der Waals surface area contributed by atoms with Crippen molar-refractivity contribution in [3.63, 3.8) is 0 Å². The Balaban J connectivity index is 0.00000312. The van der Waals surface area contributed by atoms with Gasteiger partial charge in [-0.15, -0.1) is 24.0 Å². The number of hydrogen-bond donors (Lipinski definition) is 3. The fraction of sp³-hybridized carbons (Fsp3) is 0.316. The van der Waals surface area contributed by atoms with Crippen molar-refractivity contribution in [2.24, 2.45) is 4.99 Å². The third-order valence-corrected chi connectivity index (χ3v) is 3.54. The van der Waals surface area contributed by atoms with Gasteiger partial charge >= 0.3 is 0 Å². The zero-order valence-corrected chi connectivity index (χ0v) is 16.7. The number of phenols is 1. The van der Waals surface area contributed by atoms with Gasteiger partial charge in [0.1, 0.15) is 11.6 Å². The Morgan fingerprint density at radius 2 is 1.80 bits per heavy atom. The zero-order valence-electron chi connectivity index (χ0n) is 14.3. The molecule has 0 aromatic heterocycles. The summed E-state index contributed by atoms with van der Waals surface area (Å²) in [6.07, 6.45) is 1.57. The summed E-state index contributed by atoms with van der Waals surface area (Å²) in [4.78, 5) is 4.53. The molecule has 0 aliphatic carbocycles. The van der Waals surface area contributed by atoms with Crippen LogP contribution in [0.5, 0.6) is 5.75 Å². The second-order valence-corrected chi connectivity index (χ2v) is 5.48. The molecule has 0 amide bonds. The number of nitrogens with zero attached hydrogens (tertiary/aromatic N) is 1. The summed E-state index contributed by atoms with van der Waals surface area (Å²) in [5, 5.41) is 16.0. The molecule has 0 saturated heterocycles. The summed E-state index contributed by atoms with van der Waals surface area (Å²) >= 11 is 0. The summed E-state index contributed by atoms with van der Waals surface area (Å²) in [6.45, 7) is 4.17. The van der Waals surface area contributed by atoms with Crippen molar-refractivity contribution >= 4 is 29.9 Å². The fourth-order valence-corrected chi connectivity index (χ4v) is 2.33. The third kappa shape index (κ3) is 8.20. The lowest BCUT2D eigenvalue weighted by Crippen LogP contribution is -2.38. The number of aromatic hydroxyl groups is 1. The smallest absolute Gasteiger partial charge is 0.191 e. The Bertz CT molecular complexity index is 662. The van der Waals surface area contributed by atoms with Gasteiger partial charge in [0.15, 0.2) is 5.96 Å². The van der Waals surface area contributed by atoms with Crippen molar-refractivity contribution in [3.05, 3.63) is 65.5 Å². The van der Waals surface area contributed by atoms with E-state index in [1.807, 2.05) is 19.1 Å². The van der Waals surface area contributed by atoms with E-state index in [0.717, 1.165) is 43.0 Å². The zero-order chi connectivity index (χ0) is 17.2. The molecule has 0 aliphatic heterocycles. The number of halogens is 2. The van der Waals surface area contributed by atoms with Gasteiger partial charge in [0.2, 0.25) is 0 Å². The molecule has 136 valence electrons. The number of hydrogen-bond acceptors (Lipinski definition) is 2. The van der Waals surface area contributed by atoms with Crippen molar-refractivity contribution in [2.45, 2.75) is 19.8 Å². The standard InChI is InChI=1S/C19H24FN3O.HI/c1-2-21-19(22-12-10-15-6-8-17(20)9-7-15)23-13-11-16-4-3-5-18(24)14-16;/h3-9,14,24H,2,10-13H2,1H3,(H2,21,22,23);1H. The molecule has 0 heterocycles. The molecule has 0 unspecified atom stereocenters. The van der Waals surface area contributed by atoms with Crippen molar-refractivity contribution in [3.8, 4) is 5.75 Å². The Hall–Kier alpha value is -1.83. The minimum Gasteiger partial charge on any atom is -0.508 e. The molecule has 0 spiro atoms. The van der Waals surface area contributed by atoms with Crippen LogP contribution in [-0.4, -0.2) is 30.7 Å². The molecule has 25 heavy (non-hydrogen) atoms. The summed E-state index contributed by atoms with van der Waals surface area (Å²) in [5.74, 6) is 0.830. The van der Waals surface area contributed by atoms with E-state index in [4.69, 9.17) is 0 Å². The van der Waals surface area contributed by atoms with Gasteiger partial charge in [-0.1, -0.05) is 24.3 Å². The average molecular weight is 457 g/mol. The van der Waals surface area contributed by atoms with Gasteiger partial charge in [-0.25, -0.2) is 4.39 Å². The molecule has 0 bridgehead atoms. The first-order chi connectivity index (χ1) is 11.7. The van der Waals surface area contributed by atoms with Crippen LogP contribution in [0.3, 0.4) is 0 Å². The van der Waals surface area contributed by atoms with E-state index in [9.17, 15) is 9.50 Å². The van der Waals surface area contributed by atoms with E-state index < -0.39 is 0 Å². The SMILES string of the molecule is CCNC(=NCCc1ccc(F)cc1)NCCc1cccc(O)c1.I. The molecule has 0 atom stereocenters. The highest BCUT2D eigenvalue weighted by atomic mass is 127. The number of phenolic OH excluding ortho intramolecular Hbond substituents is 1. The van der Waals surface area contributed by atoms with Gasteiger partial charge in [-0.2, -0.15) is 0 Å². The molecular formula is C19H25FIN3O. The summed E-state index contributed by atoms with van der Waals surface area (Å²) in [5.41, 5.74) is 2.14. The van der Waals surface area contributed by atoms with Crippen molar-refractivity contribution in [1.29, 1.82) is 0 Å². The molecule has 6 heteroatoms. The third-order valence-electron chi connectivity index (χ3n) is 3.54. The van der Waals surface area contributed by atoms with E-state index >= 15 is 0 Å². The molecule has 3 N–H and O–H groups in total. The highest BCUT2D eigenvalue weighted by Gasteiger charge is 1.99. The number of nitrogens with one attached hydrogen (secondary N) is 2. The topological polar surface area (TPSA) is 56.7 Å². The first kappa shape index (κ1) is 21.2. The maximum atomic E-state index is 12.9. The Kier molecular flexibility index (Phi) is 9.91. The number of guanidine groups is 1. The molecule has 0 aliphatic rings. The van der Waals surface area contributed by atoms with Crippen LogP contribution in [0.15, 0.2) is 53.5 Å². The lowest BCUT2D eigenvalue weighted by Gasteiger charge is -2.11. The Morgan fingerprint density at radius 1 is 1.04 bits per heavy atom. The maximum Gasteiger partial charge on any atom is 0.191 e. The molecular weight excluding hydrogens is 432 g/mol. The minimum absolute atomic E-state index is 0. The highest BCUT2D eigenvalue weighted by Crippen LogP contribution is 2.10. The van der Waals surface area contributed by atoms with Crippen LogP contribution in [0.25, 0.3) is 0 Å². The van der Waals surface area contributed by atoms with Crippen molar-refractivity contribution in [2.75, 3.05) is 19.6 Å². The molecule has 0 saturated carbocycles. The van der Waals surface area contributed by atoms with Crippen molar-refractivity contribution < 1.29 is 9.50 Å². The van der Waals surface area contributed by atoms with Gasteiger partial charge in [-0.3, -0.25) is 4.99 Å². The van der Waals surface area contributed by atoms with Gasteiger partial charge < -0.3 is 15.7 Å². The second kappa shape index (κ2) is 11.7. The largest absolute Gasteiger partial charge is 0.508 e. The highest BCUT2D eigenvalue weighted by molar-refractivity contribution is 14.0. The minimum atomic E-state index is -0.218. The number of benzene rings is 2. The quantitative estimate of drug-likeness (QED) is 0.339. The second-order valence-electron chi connectivity index (χ2n) is 5.48. The molecule has 2 rings (SSSR count). The van der Waals surface area contributed by atoms with E-state index in [1.54, 1.807) is 24.3 Å². The van der Waals surface area contributed by atoms with Crippen LogP contribution in [0.2, 0.25) is 0 Å². The number of aliphatic imine (C=N–C) groups is 1. The van der Waals surface area contributed by atoms with Crippen LogP contribution < -0.4 is 10.6 Å². The molecule has 2 aromatic rings. The normalized spacial score (nSPS) is 10.9. The predicted molar refractivity (Wildman–Crippen MR) is 111 cm³/mol. The molecule has 0 fully saturated rings. The summed E-state index contributed by atoms with van der Waals surface area (Å²) in [6, 6.07) is 13.8. The average Bonchev–Trinajstić information content (AvgIpc) is 2.57. The van der Waals surface area contributed by atoms with Crippen LogP contribution in [0, 0.1) is 5.82 Å². The van der Waals surface area contributed by atoms with Gasteiger partial charge in [0.25, 0.3) is 0 Å². The number of rotatable bonds is 7. The molecule has 4 nitrogen and oxygen atoms in total. The van der Waals surface area contributed by atoms with Crippen LogP contribution in [0.4, 0.5) is 4.39 Å². The van der Waals surface area contributed by atoms with E-state index in [-0.39, 0.29) is 35.5 Å². The lowest BCUT2D eigenvalue weighted by atomic mass is 10.1. The van der Waals surface area contributed by atoms with Gasteiger partial charge in [0, 0.05) is 19.6 Å². The predicted octanol–water partition coefficient (Wildman–Crippen LogP) is 3.49. The van der Waals surface area contributed by atoms with E-state index in [0.29, 0.717) is 6.54 Å². The first-order valence-corrected chi connectivity index (χ1v) is 8.22. The Morgan fingerprint density at radius 3 is 2.48 bits per heavy atom. The fourth-order valence-electron chi connectivity index (χ4n) is 2.33. The van der Waals surface area contributed by atoms with Crippen LogP contribution in [-0.2, 0) is 12.8 Å². The van der Waals surface area contributed by atoms with E-state index in [1.165, 1.54) is 12.1 Å². The van der Waals surface area contributed by atoms with Crippen molar-refractivity contribution in [1.82, 2.24) is 10.6 Å². The Labute approximate surface area is 165 Å². The molecule has 0 radical (unpaired) electrons. The first-order valence-electron chi connectivity index (χ1n) is 8.22. The van der Waals surface area contributed by atoms with Gasteiger partial charge in [0.05, 0.1) is 0 Å². The summed E-state index contributed by atoms with van der Waals surface area (Å²) in [7, 11) is 0. The van der Waals surface area contributed by atoms with Crippen LogP contribution in [0.1, 0.15) is 18.1 Å². The lowest BCUT2D eigenvalue weighted by molar-refractivity contribution is 0.474. The summed E-state index contributed by atoms with van der Waals surface area (Å²) < 4.78 is 12.9. The van der Waals surface area contributed by atoms with E-state index in [2.05, 4.69) is 15.6 Å². The molecule has 2 aromatic carbocycles. The maximum absolute atomic E-state index is 12.9. The monoisotopic (exact) mass is 457 g/mol. The van der Waals surface area contributed by atoms with Crippen LogP contribution >= 0.6 is 24.0 Å².